The molecule has 26 heavy (non-hydrogen) atoms. The highest BCUT2D eigenvalue weighted by molar-refractivity contribution is 5.98. The van der Waals surface area contributed by atoms with Gasteiger partial charge in [-0.3, -0.25) is 0 Å². The van der Waals surface area contributed by atoms with E-state index in [-0.39, 0.29) is 23.2 Å². The SMILES string of the molecule is CCC(CC)Oc1cc(O)c(C(=O)OC)c(/C=C/c2ccc(F)cc2)c1. The van der Waals surface area contributed by atoms with Crippen molar-refractivity contribution in [3.8, 4) is 11.5 Å². The van der Waals surface area contributed by atoms with Gasteiger partial charge in [0.25, 0.3) is 0 Å². The molecule has 0 bridgehead atoms. The first-order chi connectivity index (χ1) is 12.5. The van der Waals surface area contributed by atoms with Crippen LogP contribution in [0.15, 0.2) is 36.4 Å². The molecule has 0 aromatic heterocycles. The molecular formula is C21H23FO4. The minimum atomic E-state index is -0.643. The Bertz CT molecular complexity index is 777. The molecule has 0 saturated heterocycles. The lowest BCUT2D eigenvalue weighted by Crippen LogP contribution is -2.14. The molecule has 0 aliphatic carbocycles. The number of carbonyl (C=O) groups excluding carboxylic acids is 1. The molecule has 0 fully saturated rings. The summed E-state index contributed by atoms with van der Waals surface area (Å²) >= 11 is 0. The van der Waals surface area contributed by atoms with Crippen molar-refractivity contribution >= 4 is 18.1 Å². The molecule has 1 N–H and O–H groups in total. The molecule has 2 aromatic rings. The zero-order valence-electron chi connectivity index (χ0n) is 15.2. The van der Waals surface area contributed by atoms with Crippen LogP contribution < -0.4 is 4.74 Å². The van der Waals surface area contributed by atoms with E-state index < -0.39 is 5.97 Å². The molecule has 0 saturated carbocycles. The summed E-state index contributed by atoms with van der Waals surface area (Å²) in [5, 5.41) is 10.3. The van der Waals surface area contributed by atoms with E-state index in [1.165, 1.54) is 25.3 Å². The number of rotatable bonds is 7. The summed E-state index contributed by atoms with van der Waals surface area (Å²) in [6.07, 6.45) is 5.07. The van der Waals surface area contributed by atoms with Crippen LogP contribution in [0.4, 0.5) is 4.39 Å². The fourth-order valence-corrected chi connectivity index (χ4v) is 2.55. The van der Waals surface area contributed by atoms with E-state index in [0.29, 0.717) is 11.3 Å². The van der Waals surface area contributed by atoms with Gasteiger partial charge in [0, 0.05) is 6.07 Å². The fourth-order valence-electron chi connectivity index (χ4n) is 2.55. The predicted octanol–water partition coefficient (Wildman–Crippen LogP) is 5.06. The number of aromatic hydroxyl groups is 1. The summed E-state index contributed by atoms with van der Waals surface area (Å²) in [5.41, 5.74) is 1.28. The highest BCUT2D eigenvalue weighted by atomic mass is 19.1. The smallest absolute Gasteiger partial charge is 0.342 e. The second-order valence-electron chi connectivity index (χ2n) is 5.84. The number of carbonyl (C=O) groups is 1. The molecule has 0 atom stereocenters. The highest BCUT2D eigenvalue weighted by Crippen LogP contribution is 2.31. The molecule has 5 heteroatoms. The number of phenols is 1. The minimum absolute atomic E-state index is 0.0207. The van der Waals surface area contributed by atoms with E-state index >= 15 is 0 Å². The normalized spacial score (nSPS) is 11.1. The van der Waals surface area contributed by atoms with Crippen molar-refractivity contribution in [2.45, 2.75) is 32.8 Å². The van der Waals surface area contributed by atoms with Gasteiger partial charge in [-0.15, -0.1) is 0 Å². The van der Waals surface area contributed by atoms with Gasteiger partial charge in [0.2, 0.25) is 0 Å². The van der Waals surface area contributed by atoms with Gasteiger partial charge in [0.05, 0.1) is 13.2 Å². The Morgan fingerprint density at radius 3 is 2.38 bits per heavy atom. The number of benzene rings is 2. The molecule has 4 nitrogen and oxygen atoms in total. The predicted molar refractivity (Wildman–Crippen MR) is 99.8 cm³/mol. The van der Waals surface area contributed by atoms with Crippen LogP contribution in [0.2, 0.25) is 0 Å². The number of methoxy groups -OCH3 is 1. The van der Waals surface area contributed by atoms with Crippen molar-refractivity contribution < 1.29 is 23.8 Å². The van der Waals surface area contributed by atoms with Gasteiger partial charge in [-0.05, 0) is 42.2 Å². The average Bonchev–Trinajstić information content (AvgIpc) is 2.64. The highest BCUT2D eigenvalue weighted by Gasteiger charge is 2.18. The van der Waals surface area contributed by atoms with Crippen LogP contribution in [0.25, 0.3) is 12.2 Å². The van der Waals surface area contributed by atoms with Gasteiger partial charge < -0.3 is 14.6 Å². The monoisotopic (exact) mass is 358 g/mol. The molecule has 0 heterocycles. The Kier molecular flexibility index (Phi) is 6.78. The average molecular weight is 358 g/mol. The fraction of sp³-hybridized carbons (Fsp3) is 0.286. The number of halogens is 1. The Morgan fingerprint density at radius 2 is 1.81 bits per heavy atom. The van der Waals surface area contributed by atoms with Crippen molar-refractivity contribution in [2.75, 3.05) is 7.11 Å². The maximum atomic E-state index is 13.0. The van der Waals surface area contributed by atoms with Gasteiger partial charge in [0.15, 0.2) is 0 Å². The van der Waals surface area contributed by atoms with Crippen LogP contribution >= 0.6 is 0 Å². The van der Waals surface area contributed by atoms with E-state index in [4.69, 9.17) is 9.47 Å². The van der Waals surface area contributed by atoms with Crippen molar-refractivity contribution in [3.05, 3.63) is 58.9 Å². The van der Waals surface area contributed by atoms with Crippen molar-refractivity contribution in [1.82, 2.24) is 0 Å². The van der Waals surface area contributed by atoms with E-state index in [1.54, 1.807) is 30.4 Å². The molecule has 0 spiro atoms. The van der Waals surface area contributed by atoms with Crippen LogP contribution in [0.1, 0.15) is 48.2 Å². The van der Waals surface area contributed by atoms with Crippen molar-refractivity contribution in [3.63, 3.8) is 0 Å². The number of hydrogen-bond acceptors (Lipinski definition) is 4. The third-order valence-corrected chi connectivity index (χ3v) is 4.05. The van der Waals surface area contributed by atoms with E-state index in [1.807, 2.05) is 13.8 Å². The van der Waals surface area contributed by atoms with Gasteiger partial charge >= 0.3 is 5.97 Å². The topological polar surface area (TPSA) is 55.8 Å². The molecule has 2 rings (SSSR count). The van der Waals surface area contributed by atoms with Gasteiger partial charge in [-0.1, -0.05) is 38.1 Å². The molecular weight excluding hydrogens is 335 g/mol. The van der Waals surface area contributed by atoms with E-state index in [9.17, 15) is 14.3 Å². The van der Waals surface area contributed by atoms with Crippen LogP contribution in [-0.4, -0.2) is 24.3 Å². The summed E-state index contributed by atoms with van der Waals surface area (Å²) < 4.78 is 23.7. The van der Waals surface area contributed by atoms with E-state index in [2.05, 4.69) is 0 Å². The van der Waals surface area contributed by atoms with Crippen molar-refractivity contribution in [1.29, 1.82) is 0 Å². The first-order valence-electron chi connectivity index (χ1n) is 8.54. The summed E-state index contributed by atoms with van der Waals surface area (Å²) in [7, 11) is 1.25. The zero-order valence-corrected chi connectivity index (χ0v) is 15.2. The third kappa shape index (κ3) is 4.85. The van der Waals surface area contributed by atoms with Crippen LogP contribution in [0.5, 0.6) is 11.5 Å². The zero-order chi connectivity index (χ0) is 19.1. The van der Waals surface area contributed by atoms with Crippen LogP contribution in [0.3, 0.4) is 0 Å². The number of ether oxygens (including phenoxy) is 2. The standard InChI is InChI=1S/C21H23FO4/c1-4-17(5-2)26-18-12-15(20(19(23)13-18)21(24)25-3)9-6-14-7-10-16(22)11-8-14/h6-13,17,23H,4-5H2,1-3H3/b9-6+. The maximum Gasteiger partial charge on any atom is 0.342 e. The van der Waals surface area contributed by atoms with Crippen LogP contribution in [0, 0.1) is 5.82 Å². The molecule has 0 unspecified atom stereocenters. The Morgan fingerprint density at radius 1 is 1.15 bits per heavy atom. The lowest BCUT2D eigenvalue weighted by molar-refractivity contribution is 0.0597. The Hall–Kier alpha value is -2.82. The largest absolute Gasteiger partial charge is 0.507 e. The van der Waals surface area contributed by atoms with Crippen molar-refractivity contribution in [2.24, 2.45) is 0 Å². The lowest BCUT2D eigenvalue weighted by atomic mass is 10.0. The molecule has 0 amide bonds. The van der Waals surface area contributed by atoms with Gasteiger partial charge in [-0.2, -0.15) is 0 Å². The molecule has 0 aliphatic rings. The summed E-state index contributed by atoms with van der Waals surface area (Å²) in [6, 6.07) is 9.04. The van der Waals surface area contributed by atoms with Gasteiger partial charge in [-0.25, -0.2) is 9.18 Å². The second-order valence-corrected chi connectivity index (χ2v) is 5.84. The van der Waals surface area contributed by atoms with Crippen LogP contribution in [-0.2, 0) is 4.74 Å². The quantitative estimate of drug-likeness (QED) is 0.555. The minimum Gasteiger partial charge on any atom is -0.507 e. The molecule has 138 valence electrons. The number of phenolic OH excluding ortho intramolecular Hbond substituents is 1. The van der Waals surface area contributed by atoms with Gasteiger partial charge in [0.1, 0.15) is 22.9 Å². The first kappa shape index (κ1) is 19.5. The maximum absolute atomic E-state index is 13.0. The summed E-state index contributed by atoms with van der Waals surface area (Å²) in [6.45, 7) is 4.04. The summed E-state index contributed by atoms with van der Waals surface area (Å²) in [4.78, 5) is 12.1. The summed E-state index contributed by atoms with van der Waals surface area (Å²) in [5.74, 6) is -0.701. The third-order valence-electron chi connectivity index (χ3n) is 4.05. The molecule has 0 aliphatic heterocycles. The molecule has 0 radical (unpaired) electrons. The number of esters is 1. The number of hydrogen-bond donors (Lipinski definition) is 1. The van der Waals surface area contributed by atoms with E-state index in [0.717, 1.165) is 18.4 Å². The first-order valence-corrected chi connectivity index (χ1v) is 8.54. The lowest BCUT2D eigenvalue weighted by Gasteiger charge is -2.17. The second kappa shape index (κ2) is 9.04. The molecule has 2 aromatic carbocycles. The Labute approximate surface area is 152 Å². The Balaban J connectivity index is 2.43.